The molecule has 8 aromatic rings. The van der Waals surface area contributed by atoms with Crippen LogP contribution in [0.5, 0.6) is 0 Å². The predicted octanol–water partition coefficient (Wildman–Crippen LogP) is 11.8. The van der Waals surface area contributed by atoms with Gasteiger partial charge in [0.2, 0.25) is 0 Å². The van der Waals surface area contributed by atoms with Crippen molar-refractivity contribution in [2.75, 3.05) is 0 Å². The Balaban J connectivity index is 1.43. The Bertz CT molecular complexity index is 2700. The van der Waals surface area contributed by atoms with E-state index in [1.807, 2.05) is 28.7 Å². The third-order valence-electron chi connectivity index (χ3n) is 10.8. The Morgan fingerprint density at radius 2 is 1.33 bits per heavy atom. The summed E-state index contributed by atoms with van der Waals surface area (Å²) in [5, 5.41) is 13.4. The second kappa shape index (κ2) is 12.8. The molecule has 4 heteroatoms. The maximum absolute atomic E-state index is 14.9. The second-order valence-electron chi connectivity index (χ2n) is 14.2. The van der Waals surface area contributed by atoms with E-state index >= 15 is 0 Å². The lowest BCUT2D eigenvalue weighted by Crippen LogP contribution is -2.14. The van der Waals surface area contributed by atoms with Crippen molar-refractivity contribution in [2.24, 2.45) is 0 Å². The molecule has 6 aromatic carbocycles. The maximum atomic E-state index is 14.9. The molecule has 2 heterocycles. The molecule has 250 valence electrons. The molecule has 0 amide bonds. The Morgan fingerprint density at radius 3 is 2.00 bits per heavy atom. The van der Waals surface area contributed by atoms with E-state index in [-0.39, 0.29) is 5.56 Å². The fraction of sp³-hybridized carbons (Fsp3) is 0.213. The van der Waals surface area contributed by atoms with Gasteiger partial charge in [0.05, 0.1) is 22.7 Å². The number of aromatic nitrogens is 2. The molecule has 0 unspecified atom stereocenters. The monoisotopic (exact) mass is 663 g/mol. The highest BCUT2D eigenvalue weighted by Crippen LogP contribution is 2.42. The summed E-state index contributed by atoms with van der Waals surface area (Å²) in [6, 6.07) is 36.1. The summed E-state index contributed by atoms with van der Waals surface area (Å²) in [5.41, 5.74) is 15.0. The molecule has 0 fully saturated rings. The third-order valence-corrected chi connectivity index (χ3v) is 10.8. The number of rotatable bonds is 8. The third kappa shape index (κ3) is 5.27. The zero-order valence-corrected chi connectivity index (χ0v) is 30.0. The van der Waals surface area contributed by atoms with Crippen LogP contribution in [-0.2, 0) is 6.42 Å². The smallest absolute Gasteiger partial charge is 0.264 e. The highest BCUT2D eigenvalue weighted by Gasteiger charge is 2.24. The number of aryl methyl sites for hydroxylation is 5. The van der Waals surface area contributed by atoms with E-state index in [0.29, 0.717) is 16.6 Å². The first-order valence-corrected chi connectivity index (χ1v) is 18.1. The minimum atomic E-state index is -0.124. The number of imidazole rings is 1. The quantitative estimate of drug-likeness (QED) is 0.152. The van der Waals surface area contributed by atoms with Crippen LogP contribution in [0.4, 0.5) is 0 Å². The largest absolute Gasteiger partial charge is 0.268 e. The summed E-state index contributed by atoms with van der Waals surface area (Å²) in [5.74, 6) is 0. The molecule has 8 rings (SSSR count). The van der Waals surface area contributed by atoms with Crippen molar-refractivity contribution in [1.82, 2.24) is 9.38 Å². The molecule has 0 bridgehead atoms. The van der Waals surface area contributed by atoms with Crippen LogP contribution < -0.4 is 5.56 Å². The average molecular weight is 664 g/mol. The van der Waals surface area contributed by atoms with Crippen molar-refractivity contribution in [1.29, 1.82) is 5.26 Å². The van der Waals surface area contributed by atoms with Gasteiger partial charge in [-0.15, -0.1) is 0 Å². The van der Waals surface area contributed by atoms with Gasteiger partial charge in [-0.3, -0.25) is 9.20 Å². The zero-order valence-electron chi connectivity index (χ0n) is 30.0. The zero-order chi connectivity index (χ0) is 35.4. The standard InChI is InChI=1S/C47H41N3O/c1-6-7-8-9-16-32-17-19-33(20-18-32)36-23-24-38-44-37(22-21-34(27-48)43(36)44)46-49-40-26-35(41-28(2)12-10-13-29(41)3)25-39(45(40)50(46)47(38)51)42-30(4)14-11-15-31(42)5/h10-15,17-26H,6-9,16H2,1-5H3. The van der Waals surface area contributed by atoms with Crippen LogP contribution in [0, 0.1) is 39.0 Å². The van der Waals surface area contributed by atoms with Crippen LogP contribution in [0.2, 0.25) is 0 Å². The molecule has 4 nitrogen and oxygen atoms in total. The molecule has 0 aliphatic rings. The highest BCUT2D eigenvalue weighted by atomic mass is 16.1. The van der Waals surface area contributed by atoms with Crippen molar-refractivity contribution >= 4 is 38.2 Å². The summed E-state index contributed by atoms with van der Waals surface area (Å²) in [7, 11) is 0. The number of nitrogens with zero attached hydrogens (tertiary/aromatic N) is 3. The topological polar surface area (TPSA) is 58.2 Å². The summed E-state index contributed by atoms with van der Waals surface area (Å²) in [6.45, 7) is 10.8. The van der Waals surface area contributed by atoms with E-state index in [0.717, 1.165) is 72.6 Å². The Hall–Kier alpha value is -5.79. The van der Waals surface area contributed by atoms with Gasteiger partial charge in [-0.1, -0.05) is 92.9 Å². The number of nitriles is 1. The first-order valence-electron chi connectivity index (χ1n) is 18.1. The van der Waals surface area contributed by atoms with Crippen LogP contribution in [0.3, 0.4) is 0 Å². The van der Waals surface area contributed by atoms with Gasteiger partial charge >= 0.3 is 0 Å². The highest BCUT2D eigenvalue weighted by molar-refractivity contribution is 6.21. The number of pyridine rings is 1. The molecule has 2 aromatic heterocycles. The van der Waals surface area contributed by atoms with Gasteiger partial charge in [0.1, 0.15) is 5.65 Å². The molecule has 0 radical (unpaired) electrons. The molecule has 51 heavy (non-hydrogen) atoms. The molecule has 0 spiro atoms. The van der Waals surface area contributed by atoms with Crippen LogP contribution in [0.25, 0.3) is 71.6 Å². The van der Waals surface area contributed by atoms with Crippen LogP contribution in [-0.4, -0.2) is 9.38 Å². The second-order valence-corrected chi connectivity index (χ2v) is 14.2. The number of hydrogen-bond donors (Lipinski definition) is 0. The van der Waals surface area contributed by atoms with Crippen molar-refractivity contribution in [3.8, 4) is 39.4 Å². The molecule has 0 aliphatic carbocycles. The SMILES string of the molecule is CCCCCCc1ccc(-c2ccc3c(=O)n4c(nc5cc(-c6c(C)cccc6C)cc(-c6c(C)cccc6C)c54)c4ccc(C#N)c2c34)cc1. The molecule has 0 aliphatic heterocycles. The lowest BCUT2D eigenvalue weighted by Gasteiger charge is -2.16. The van der Waals surface area contributed by atoms with E-state index in [1.165, 1.54) is 47.9 Å². The predicted molar refractivity (Wildman–Crippen MR) is 213 cm³/mol. The van der Waals surface area contributed by atoms with E-state index in [4.69, 9.17) is 4.98 Å². The molecular weight excluding hydrogens is 623 g/mol. The first-order chi connectivity index (χ1) is 24.8. The molecule has 0 N–H and O–H groups in total. The Morgan fingerprint density at radius 1 is 0.667 bits per heavy atom. The number of hydrogen-bond acceptors (Lipinski definition) is 3. The lowest BCUT2D eigenvalue weighted by atomic mass is 9.89. The summed E-state index contributed by atoms with van der Waals surface area (Å²) < 4.78 is 1.82. The van der Waals surface area contributed by atoms with E-state index in [1.54, 1.807) is 0 Å². The minimum absolute atomic E-state index is 0.124. The normalized spacial score (nSPS) is 11.7. The molecule has 0 saturated heterocycles. The fourth-order valence-corrected chi connectivity index (χ4v) is 8.35. The minimum Gasteiger partial charge on any atom is -0.268 e. The Kier molecular flexibility index (Phi) is 8.16. The van der Waals surface area contributed by atoms with Gasteiger partial charge in [0, 0.05) is 27.1 Å². The first kappa shape index (κ1) is 32.4. The van der Waals surface area contributed by atoms with Gasteiger partial charge in [0.25, 0.3) is 5.56 Å². The maximum Gasteiger partial charge on any atom is 0.264 e. The van der Waals surface area contributed by atoms with Gasteiger partial charge in [-0.2, -0.15) is 5.26 Å². The average Bonchev–Trinajstić information content (AvgIpc) is 3.52. The van der Waals surface area contributed by atoms with Crippen molar-refractivity contribution < 1.29 is 0 Å². The van der Waals surface area contributed by atoms with Crippen molar-refractivity contribution in [3.05, 3.63) is 141 Å². The van der Waals surface area contributed by atoms with Gasteiger partial charge in [0.15, 0.2) is 0 Å². The number of fused-ring (bicyclic) bond motifs is 4. The van der Waals surface area contributed by atoms with Gasteiger partial charge < -0.3 is 0 Å². The van der Waals surface area contributed by atoms with Crippen LogP contribution >= 0.6 is 0 Å². The molecular formula is C47H41N3O. The summed E-state index contributed by atoms with van der Waals surface area (Å²) in [6.07, 6.45) is 5.99. The van der Waals surface area contributed by atoms with Gasteiger partial charge in [-0.25, -0.2) is 4.98 Å². The fourth-order valence-electron chi connectivity index (χ4n) is 8.35. The summed E-state index contributed by atoms with van der Waals surface area (Å²) in [4.78, 5) is 20.2. The van der Waals surface area contributed by atoms with Crippen molar-refractivity contribution in [2.45, 2.75) is 66.7 Å². The molecule has 0 saturated carbocycles. The van der Waals surface area contributed by atoms with Crippen molar-refractivity contribution in [3.63, 3.8) is 0 Å². The Labute approximate surface area is 299 Å². The van der Waals surface area contributed by atoms with E-state index in [2.05, 4.69) is 113 Å². The van der Waals surface area contributed by atoms with Crippen LogP contribution in [0.15, 0.2) is 102 Å². The molecule has 0 atom stereocenters. The van der Waals surface area contributed by atoms with E-state index in [9.17, 15) is 10.1 Å². The van der Waals surface area contributed by atoms with E-state index < -0.39 is 0 Å². The van der Waals surface area contributed by atoms with Crippen LogP contribution in [0.1, 0.15) is 66.0 Å². The number of benzene rings is 6. The summed E-state index contributed by atoms with van der Waals surface area (Å²) >= 11 is 0. The number of unbranched alkanes of at least 4 members (excludes halogenated alkanes) is 3. The van der Waals surface area contributed by atoms with Gasteiger partial charge in [-0.05, 0) is 127 Å². The lowest BCUT2D eigenvalue weighted by molar-refractivity contribution is 0.667.